The van der Waals surface area contributed by atoms with Crippen molar-refractivity contribution >= 4 is 5.52 Å². The van der Waals surface area contributed by atoms with Gasteiger partial charge in [-0.3, -0.25) is 0 Å². The first-order valence-corrected chi connectivity index (χ1v) is 5.02. The fraction of sp³-hybridized carbons (Fsp3) is 0. The second-order valence-corrected chi connectivity index (χ2v) is 3.63. The first-order valence-electron chi connectivity index (χ1n) is 5.02. The number of hydrogen-bond acceptors (Lipinski definition) is 1. The number of halogens is 1. The van der Waals surface area contributed by atoms with E-state index in [1.54, 1.807) is 16.8 Å². The molecule has 0 radical (unpaired) electrons. The average Bonchev–Trinajstić information content (AvgIpc) is 2.75. The number of aromatic nitrogens is 2. The SMILES string of the molecule is Fc1cccc(-c2ccc3ccnn3c2)c1. The van der Waals surface area contributed by atoms with Crippen molar-refractivity contribution in [1.82, 2.24) is 9.61 Å². The third-order valence-corrected chi connectivity index (χ3v) is 2.55. The van der Waals surface area contributed by atoms with Crippen molar-refractivity contribution < 1.29 is 4.39 Å². The molecule has 0 unspecified atom stereocenters. The Morgan fingerprint density at radius 3 is 2.81 bits per heavy atom. The maximum atomic E-state index is 13.1. The number of rotatable bonds is 1. The Kier molecular flexibility index (Phi) is 1.96. The van der Waals surface area contributed by atoms with Gasteiger partial charge in [-0.1, -0.05) is 18.2 Å². The van der Waals surface area contributed by atoms with E-state index in [0.717, 1.165) is 16.6 Å². The highest BCUT2D eigenvalue weighted by atomic mass is 19.1. The fourth-order valence-corrected chi connectivity index (χ4v) is 1.75. The van der Waals surface area contributed by atoms with Crippen LogP contribution >= 0.6 is 0 Å². The Bertz CT molecular complexity index is 643. The highest BCUT2D eigenvalue weighted by Crippen LogP contribution is 2.20. The first-order chi connectivity index (χ1) is 7.83. The number of nitrogens with zero attached hydrogens (tertiary/aromatic N) is 2. The summed E-state index contributed by atoms with van der Waals surface area (Å²) in [6.45, 7) is 0. The number of fused-ring (bicyclic) bond motifs is 1. The van der Waals surface area contributed by atoms with Crippen LogP contribution in [0.5, 0.6) is 0 Å². The second kappa shape index (κ2) is 3.45. The molecule has 0 saturated carbocycles. The number of benzene rings is 1. The predicted octanol–water partition coefficient (Wildman–Crippen LogP) is 3.14. The molecule has 1 aromatic carbocycles. The molecule has 0 N–H and O–H groups in total. The molecule has 2 aromatic heterocycles. The molecule has 0 amide bonds. The molecular formula is C13H9FN2. The van der Waals surface area contributed by atoms with Gasteiger partial charge in [-0.15, -0.1) is 0 Å². The Hall–Kier alpha value is -2.16. The minimum absolute atomic E-state index is 0.224. The molecular weight excluding hydrogens is 203 g/mol. The third-order valence-electron chi connectivity index (χ3n) is 2.55. The molecule has 3 aromatic rings. The van der Waals surface area contributed by atoms with E-state index in [1.807, 2.05) is 30.5 Å². The van der Waals surface area contributed by atoms with Crippen LogP contribution in [0.3, 0.4) is 0 Å². The lowest BCUT2D eigenvalue weighted by Gasteiger charge is -2.02. The summed E-state index contributed by atoms with van der Waals surface area (Å²) in [5, 5.41) is 4.15. The maximum absolute atomic E-state index is 13.1. The van der Waals surface area contributed by atoms with Crippen molar-refractivity contribution in [2.75, 3.05) is 0 Å². The average molecular weight is 212 g/mol. The quantitative estimate of drug-likeness (QED) is 0.605. The van der Waals surface area contributed by atoms with Crippen LogP contribution in [0.2, 0.25) is 0 Å². The molecule has 0 aliphatic carbocycles. The zero-order valence-corrected chi connectivity index (χ0v) is 8.47. The zero-order chi connectivity index (χ0) is 11.0. The van der Waals surface area contributed by atoms with Crippen LogP contribution in [-0.4, -0.2) is 9.61 Å². The smallest absolute Gasteiger partial charge is 0.123 e. The van der Waals surface area contributed by atoms with Gasteiger partial charge in [-0.05, 0) is 29.8 Å². The Morgan fingerprint density at radius 2 is 1.94 bits per heavy atom. The van der Waals surface area contributed by atoms with Crippen LogP contribution in [0.1, 0.15) is 0 Å². The van der Waals surface area contributed by atoms with Crippen LogP contribution in [0, 0.1) is 5.82 Å². The molecule has 0 saturated heterocycles. The van der Waals surface area contributed by atoms with Gasteiger partial charge >= 0.3 is 0 Å². The topological polar surface area (TPSA) is 17.3 Å². The summed E-state index contributed by atoms with van der Waals surface area (Å²) in [6, 6.07) is 12.4. The van der Waals surface area contributed by atoms with Gasteiger partial charge in [0.1, 0.15) is 5.82 Å². The molecule has 0 aliphatic rings. The maximum Gasteiger partial charge on any atom is 0.123 e. The van der Waals surface area contributed by atoms with E-state index in [4.69, 9.17) is 0 Å². The summed E-state index contributed by atoms with van der Waals surface area (Å²) in [6.07, 6.45) is 3.63. The predicted molar refractivity (Wildman–Crippen MR) is 60.6 cm³/mol. The van der Waals surface area contributed by atoms with Gasteiger partial charge in [0.2, 0.25) is 0 Å². The van der Waals surface area contributed by atoms with Crippen molar-refractivity contribution in [2.45, 2.75) is 0 Å². The minimum atomic E-state index is -0.224. The van der Waals surface area contributed by atoms with Crippen LogP contribution in [0.25, 0.3) is 16.6 Å². The molecule has 0 spiro atoms. The third kappa shape index (κ3) is 1.46. The molecule has 16 heavy (non-hydrogen) atoms. The van der Waals surface area contributed by atoms with Crippen molar-refractivity contribution in [2.24, 2.45) is 0 Å². The summed E-state index contributed by atoms with van der Waals surface area (Å²) in [5.41, 5.74) is 2.84. The van der Waals surface area contributed by atoms with Gasteiger partial charge in [0.15, 0.2) is 0 Å². The standard InChI is InChI=1S/C13H9FN2/c14-12-3-1-2-10(8-12)11-4-5-13-6-7-15-16(13)9-11/h1-9H. The van der Waals surface area contributed by atoms with Crippen LogP contribution in [0.15, 0.2) is 54.9 Å². The summed E-state index contributed by atoms with van der Waals surface area (Å²) < 4.78 is 14.9. The number of pyridine rings is 1. The molecule has 78 valence electrons. The van der Waals surface area contributed by atoms with Gasteiger partial charge in [0, 0.05) is 18.0 Å². The summed E-state index contributed by atoms with van der Waals surface area (Å²) in [7, 11) is 0. The van der Waals surface area contributed by atoms with Crippen molar-refractivity contribution in [3.63, 3.8) is 0 Å². The second-order valence-electron chi connectivity index (χ2n) is 3.63. The van der Waals surface area contributed by atoms with Crippen LogP contribution in [-0.2, 0) is 0 Å². The van der Waals surface area contributed by atoms with Crippen LogP contribution in [0.4, 0.5) is 4.39 Å². The van der Waals surface area contributed by atoms with Gasteiger partial charge < -0.3 is 0 Å². The van der Waals surface area contributed by atoms with Gasteiger partial charge in [-0.25, -0.2) is 8.91 Å². The van der Waals surface area contributed by atoms with E-state index in [2.05, 4.69) is 5.10 Å². The van der Waals surface area contributed by atoms with E-state index in [9.17, 15) is 4.39 Å². The normalized spacial score (nSPS) is 10.8. The van der Waals surface area contributed by atoms with E-state index >= 15 is 0 Å². The van der Waals surface area contributed by atoms with Gasteiger partial charge in [0.05, 0.1) is 5.52 Å². The molecule has 3 heteroatoms. The lowest BCUT2D eigenvalue weighted by molar-refractivity contribution is 0.628. The molecule has 0 bridgehead atoms. The Balaban J connectivity index is 2.18. The molecule has 0 atom stereocenters. The van der Waals surface area contributed by atoms with Crippen molar-refractivity contribution in [3.8, 4) is 11.1 Å². The summed E-state index contributed by atoms with van der Waals surface area (Å²) in [4.78, 5) is 0. The lowest BCUT2D eigenvalue weighted by atomic mass is 10.1. The van der Waals surface area contributed by atoms with Gasteiger partial charge in [0.25, 0.3) is 0 Å². The van der Waals surface area contributed by atoms with E-state index < -0.39 is 0 Å². The Morgan fingerprint density at radius 1 is 1.00 bits per heavy atom. The molecule has 2 nitrogen and oxygen atoms in total. The van der Waals surface area contributed by atoms with E-state index in [-0.39, 0.29) is 5.82 Å². The largest absolute Gasteiger partial charge is 0.240 e. The molecule has 0 fully saturated rings. The fourth-order valence-electron chi connectivity index (χ4n) is 1.75. The van der Waals surface area contributed by atoms with Crippen molar-refractivity contribution in [3.05, 3.63) is 60.7 Å². The highest BCUT2D eigenvalue weighted by Gasteiger charge is 2.00. The van der Waals surface area contributed by atoms with E-state index in [0.29, 0.717) is 0 Å². The van der Waals surface area contributed by atoms with Crippen molar-refractivity contribution in [1.29, 1.82) is 0 Å². The Labute approximate surface area is 92.0 Å². The minimum Gasteiger partial charge on any atom is -0.240 e. The molecule has 3 rings (SSSR count). The monoisotopic (exact) mass is 212 g/mol. The highest BCUT2D eigenvalue weighted by molar-refractivity contribution is 5.65. The molecule has 0 aliphatic heterocycles. The lowest BCUT2D eigenvalue weighted by Crippen LogP contribution is -1.88. The van der Waals surface area contributed by atoms with Gasteiger partial charge in [-0.2, -0.15) is 5.10 Å². The zero-order valence-electron chi connectivity index (χ0n) is 8.47. The summed E-state index contributed by atoms with van der Waals surface area (Å²) in [5.74, 6) is -0.224. The van der Waals surface area contributed by atoms with Crippen LogP contribution < -0.4 is 0 Å². The number of hydrogen-bond donors (Lipinski definition) is 0. The van der Waals surface area contributed by atoms with E-state index in [1.165, 1.54) is 12.1 Å². The summed E-state index contributed by atoms with van der Waals surface area (Å²) >= 11 is 0. The first kappa shape index (κ1) is 9.09. The molecule has 2 heterocycles.